The zero-order chi connectivity index (χ0) is 15.7. The molecular formula is C18H20N2OS. The van der Waals surface area contributed by atoms with Gasteiger partial charge in [-0.3, -0.25) is 9.79 Å². The van der Waals surface area contributed by atoms with E-state index in [1.54, 1.807) is 6.07 Å². The third kappa shape index (κ3) is 2.10. The van der Waals surface area contributed by atoms with Crippen molar-refractivity contribution in [1.29, 1.82) is 0 Å². The quantitative estimate of drug-likeness (QED) is 0.914. The molecule has 0 bridgehead atoms. The summed E-state index contributed by atoms with van der Waals surface area (Å²) in [5, 5.41) is 0. The molecule has 2 aromatic rings. The van der Waals surface area contributed by atoms with E-state index in [2.05, 4.69) is 48.6 Å². The number of fused-ring (bicyclic) bond motifs is 1. The maximum absolute atomic E-state index is 11.8. The predicted molar refractivity (Wildman–Crippen MR) is 94.1 cm³/mol. The van der Waals surface area contributed by atoms with E-state index in [-0.39, 0.29) is 10.2 Å². The van der Waals surface area contributed by atoms with Gasteiger partial charge in [-0.25, -0.2) is 0 Å². The van der Waals surface area contributed by atoms with Crippen molar-refractivity contribution in [3.8, 4) is 0 Å². The first-order chi connectivity index (χ1) is 10.6. The SMILES string of the molecule is CCN=C1C=C(C)c2ccccc2C1(CC)c1cc(=O)s[nH]1. The van der Waals surface area contributed by atoms with Crippen LogP contribution >= 0.6 is 11.5 Å². The Kier molecular flexibility index (Phi) is 3.87. The lowest BCUT2D eigenvalue weighted by molar-refractivity contribution is 0.638. The normalized spacial score (nSPS) is 22.5. The molecule has 1 aliphatic carbocycles. The molecule has 1 unspecified atom stereocenters. The van der Waals surface area contributed by atoms with E-state index in [0.29, 0.717) is 0 Å². The highest BCUT2D eigenvalue weighted by Crippen LogP contribution is 2.43. The Balaban J connectivity index is 2.38. The van der Waals surface area contributed by atoms with Gasteiger partial charge in [-0.15, -0.1) is 0 Å². The molecule has 1 heterocycles. The van der Waals surface area contributed by atoms with Crippen LogP contribution in [0.5, 0.6) is 0 Å². The van der Waals surface area contributed by atoms with E-state index < -0.39 is 0 Å². The van der Waals surface area contributed by atoms with Crippen LogP contribution in [0.3, 0.4) is 0 Å². The fourth-order valence-electron chi connectivity index (χ4n) is 3.43. The number of hydrogen-bond acceptors (Lipinski definition) is 3. The summed E-state index contributed by atoms with van der Waals surface area (Å²) in [6.45, 7) is 7.07. The van der Waals surface area contributed by atoms with Crippen molar-refractivity contribution in [2.24, 2.45) is 4.99 Å². The molecular weight excluding hydrogens is 292 g/mol. The third-order valence-corrected chi connectivity index (χ3v) is 5.09. The highest BCUT2D eigenvalue weighted by Gasteiger charge is 2.42. The average Bonchev–Trinajstić information content (AvgIpc) is 2.96. The van der Waals surface area contributed by atoms with Crippen molar-refractivity contribution in [1.82, 2.24) is 4.37 Å². The summed E-state index contributed by atoms with van der Waals surface area (Å²) in [6.07, 6.45) is 3.03. The summed E-state index contributed by atoms with van der Waals surface area (Å²) >= 11 is 1.15. The minimum Gasteiger partial charge on any atom is -0.311 e. The molecule has 0 radical (unpaired) electrons. The molecule has 0 saturated heterocycles. The largest absolute Gasteiger partial charge is 0.311 e. The number of H-pyrrole nitrogens is 1. The number of aromatic amines is 1. The van der Waals surface area contributed by atoms with Crippen molar-refractivity contribution in [3.63, 3.8) is 0 Å². The van der Waals surface area contributed by atoms with Crippen molar-refractivity contribution in [2.75, 3.05) is 6.54 Å². The van der Waals surface area contributed by atoms with E-state index in [9.17, 15) is 4.79 Å². The van der Waals surface area contributed by atoms with Gasteiger partial charge >= 0.3 is 0 Å². The van der Waals surface area contributed by atoms with Gasteiger partial charge in [0.05, 0.1) is 11.1 Å². The smallest absolute Gasteiger partial charge is 0.249 e. The standard InChI is InChI=1S/C18H20N2OS/c1-4-18(16-11-17(21)22-20-16)14-9-7-6-8-13(14)12(3)10-15(18)19-5-2/h6-11,20H,4-5H2,1-3H3. The second-order valence-corrected chi connectivity index (χ2v) is 6.38. The zero-order valence-electron chi connectivity index (χ0n) is 13.1. The molecule has 3 rings (SSSR count). The molecule has 0 saturated carbocycles. The highest BCUT2D eigenvalue weighted by molar-refractivity contribution is 7.03. The van der Waals surface area contributed by atoms with Crippen molar-refractivity contribution in [3.05, 3.63) is 62.8 Å². The molecule has 114 valence electrons. The number of benzene rings is 1. The summed E-state index contributed by atoms with van der Waals surface area (Å²) in [5.74, 6) is 0. The molecule has 1 N–H and O–H groups in total. The van der Waals surface area contributed by atoms with Crippen LogP contribution in [0.2, 0.25) is 0 Å². The van der Waals surface area contributed by atoms with Crippen LogP contribution < -0.4 is 4.74 Å². The maximum atomic E-state index is 11.8. The number of nitrogens with one attached hydrogen (secondary N) is 1. The molecule has 0 spiro atoms. The van der Waals surface area contributed by atoms with Gasteiger partial charge in [0.2, 0.25) is 4.74 Å². The van der Waals surface area contributed by atoms with Crippen molar-refractivity contribution >= 4 is 22.8 Å². The fraction of sp³-hybridized carbons (Fsp3) is 0.333. The summed E-state index contributed by atoms with van der Waals surface area (Å²) in [5.41, 5.74) is 5.34. The van der Waals surface area contributed by atoms with Crippen LogP contribution in [-0.4, -0.2) is 16.6 Å². The van der Waals surface area contributed by atoms with Gasteiger partial charge in [-0.1, -0.05) is 31.2 Å². The van der Waals surface area contributed by atoms with Gasteiger partial charge < -0.3 is 4.37 Å². The third-order valence-electron chi connectivity index (χ3n) is 4.44. The van der Waals surface area contributed by atoms with E-state index >= 15 is 0 Å². The number of rotatable bonds is 3. The Labute approximate surface area is 134 Å². The van der Waals surface area contributed by atoms with Crippen molar-refractivity contribution in [2.45, 2.75) is 32.6 Å². The van der Waals surface area contributed by atoms with Gasteiger partial charge in [0.1, 0.15) is 0 Å². The lowest BCUT2D eigenvalue weighted by Gasteiger charge is -2.38. The van der Waals surface area contributed by atoms with Gasteiger partial charge in [0.25, 0.3) is 0 Å². The summed E-state index contributed by atoms with van der Waals surface area (Å²) < 4.78 is 3.29. The Morgan fingerprint density at radius 2 is 2.05 bits per heavy atom. The first-order valence-corrected chi connectivity index (χ1v) is 8.47. The van der Waals surface area contributed by atoms with E-state index in [1.807, 2.05) is 6.92 Å². The van der Waals surface area contributed by atoms with E-state index in [0.717, 1.165) is 35.9 Å². The molecule has 1 atom stereocenters. The van der Waals surface area contributed by atoms with Gasteiger partial charge in [0, 0.05) is 18.3 Å². The first-order valence-electron chi connectivity index (χ1n) is 7.65. The first kappa shape index (κ1) is 15.0. The topological polar surface area (TPSA) is 45.2 Å². The van der Waals surface area contributed by atoms with Gasteiger partial charge in [-0.05, 0) is 54.6 Å². The summed E-state index contributed by atoms with van der Waals surface area (Å²) in [6, 6.07) is 10.2. The van der Waals surface area contributed by atoms with Crippen molar-refractivity contribution < 1.29 is 0 Å². The molecule has 1 aliphatic rings. The number of allylic oxidation sites excluding steroid dienone is 2. The Hall–Kier alpha value is -1.94. The monoisotopic (exact) mass is 312 g/mol. The number of hydrogen-bond donors (Lipinski definition) is 1. The molecule has 0 fully saturated rings. The van der Waals surface area contributed by atoms with Crippen LogP contribution in [0.1, 0.15) is 44.0 Å². The van der Waals surface area contributed by atoms with Crippen LogP contribution in [0, 0.1) is 0 Å². The Morgan fingerprint density at radius 1 is 1.27 bits per heavy atom. The maximum Gasteiger partial charge on any atom is 0.249 e. The number of aromatic nitrogens is 1. The second kappa shape index (κ2) is 5.69. The molecule has 4 heteroatoms. The summed E-state index contributed by atoms with van der Waals surface area (Å²) in [4.78, 5) is 16.5. The lowest BCUT2D eigenvalue weighted by atomic mass is 9.66. The Morgan fingerprint density at radius 3 is 2.68 bits per heavy atom. The minimum atomic E-state index is -0.356. The molecule has 1 aromatic carbocycles. The van der Waals surface area contributed by atoms with Crippen LogP contribution in [0.15, 0.2) is 46.2 Å². The minimum absolute atomic E-state index is 0.0578. The van der Waals surface area contributed by atoms with Crippen LogP contribution in [0.4, 0.5) is 0 Å². The molecule has 0 aliphatic heterocycles. The number of nitrogens with zero attached hydrogens (tertiary/aromatic N) is 1. The predicted octanol–water partition coefficient (Wildman–Crippen LogP) is 4.01. The van der Waals surface area contributed by atoms with E-state index in [4.69, 9.17) is 4.99 Å². The molecule has 22 heavy (non-hydrogen) atoms. The van der Waals surface area contributed by atoms with Gasteiger partial charge in [0.15, 0.2) is 0 Å². The number of aliphatic imine (C=N–C) groups is 1. The molecule has 0 amide bonds. The second-order valence-electron chi connectivity index (χ2n) is 5.57. The van der Waals surface area contributed by atoms with Crippen LogP contribution in [-0.2, 0) is 5.41 Å². The lowest BCUT2D eigenvalue weighted by Crippen LogP contribution is -2.39. The summed E-state index contributed by atoms with van der Waals surface area (Å²) in [7, 11) is 0. The Bertz CT molecular complexity index is 812. The fourth-order valence-corrected chi connectivity index (χ4v) is 4.05. The van der Waals surface area contributed by atoms with Gasteiger partial charge in [-0.2, -0.15) is 0 Å². The average molecular weight is 312 g/mol. The van der Waals surface area contributed by atoms with Crippen LogP contribution in [0.25, 0.3) is 5.57 Å². The molecule has 1 aromatic heterocycles. The highest BCUT2D eigenvalue weighted by atomic mass is 32.1. The zero-order valence-corrected chi connectivity index (χ0v) is 14.0. The van der Waals surface area contributed by atoms with E-state index in [1.165, 1.54) is 16.7 Å². The molecule has 3 nitrogen and oxygen atoms in total.